The Morgan fingerprint density at radius 3 is 2.70 bits per heavy atom. The summed E-state index contributed by atoms with van der Waals surface area (Å²) >= 11 is 0. The van der Waals surface area contributed by atoms with Crippen LogP contribution in [0.1, 0.15) is 55.5 Å². The predicted octanol–water partition coefficient (Wildman–Crippen LogP) is 4.96. The van der Waals surface area contributed by atoms with E-state index in [1.807, 2.05) is 38.1 Å². The van der Waals surface area contributed by atoms with Gasteiger partial charge in [0.05, 0.1) is 0 Å². The van der Waals surface area contributed by atoms with E-state index in [4.69, 9.17) is 9.47 Å². The van der Waals surface area contributed by atoms with Crippen LogP contribution < -0.4 is 4.74 Å². The quantitative estimate of drug-likeness (QED) is 0.639. The maximum absolute atomic E-state index is 11.7. The van der Waals surface area contributed by atoms with Crippen molar-refractivity contribution in [2.75, 3.05) is 0 Å². The summed E-state index contributed by atoms with van der Waals surface area (Å²) in [6.45, 7) is 5.88. The normalized spacial score (nSPS) is 13.5. The monoisotopic (exact) mass is 310 g/mol. The first kappa shape index (κ1) is 15.6. The lowest BCUT2D eigenvalue weighted by Crippen LogP contribution is -2.14. The molecule has 120 valence electrons. The summed E-state index contributed by atoms with van der Waals surface area (Å²) in [6.07, 6.45) is 1.84. The van der Waals surface area contributed by atoms with Crippen molar-refractivity contribution in [1.82, 2.24) is 0 Å². The Balaban J connectivity index is 2.04. The fraction of sp³-hybridized carbons (Fsp3) is 0.350. The van der Waals surface area contributed by atoms with Crippen LogP contribution >= 0.6 is 0 Å². The first-order chi connectivity index (χ1) is 11.1. The highest BCUT2D eigenvalue weighted by molar-refractivity contribution is 5.69. The summed E-state index contributed by atoms with van der Waals surface area (Å²) in [5.41, 5.74) is 4.62. The Bertz CT molecular complexity index is 734. The number of carbonyl (C=O) groups is 1. The van der Waals surface area contributed by atoms with E-state index in [0.29, 0.717) is 6.42 Å². The molecule has 0 saturated heterocycles. The average Bonchev–Trinajstić information content (AvgIpc) is 2.58. The van der Waals surface area contributed by atoms with Crippen LogP contribution in [0.25, 0.3) is 0 Å². The SMILES string of the molecule is CCC(=O)OC(C)c1c(CC)ccc2c1Cc1ccccc1O2. The Hall–Kier alpha value is -2.29. The van der Waals surface area contributed by atoms with Gasteiger partial charge in [-0.1, -0.05) is 38.1 Å². The van der Waals surface area contributed by atoms with E-state index < -0.39 is 0 Å². The van der Waals surface area contributed by atoms with E-state index in [1.54, 1.807) is 0 Å². The smallest absolute Gasteiger partial charge is 0.306 e. The van der Waals surface area contributed by atoms with Crippen molar-refractivity contribution < 1.29 is 14.3 Å². The summed E-state index contributed by atoms with van der Waals surface area (Å²) in [7, 11) is 0. The number of aryl methyl sites for hydroxylation is 1. The van der Waals surface area contributed by atoms with Gasteiger partial charge in [-0.05, 0) is 36.6 Å². The largest absolute Gasteiger partial charge is 0.458 e. The molecule has 1 heterocycles. The maximum atomic E-state index is 11.7. The van der Waals surface area contributed by atoms with Gasteiger partial charge in [-0.3, -0.25) is 4.79 Å². The highest BCUT2D eigenvalue weighted by Crippen LogP contribution is 2.41. The summed E-state index contributed by atoms with van der Waals surface area (Å²) in [6, 6.07) is 12.2. The highest BCUT2D eigenvalue weighted by atomic mass is 16.5. The number of hydrogen-bond acceptors (Lipinski definition) is 3. The third kappa shape index (κ3) is 2.96. The molecule has 23 heavy (non-hydrogen) atoms. The molecule has 0 aliphatic carbocycles. The van der Waals surface area contributed by atoms with Crippen molar-refractivity contribution in [2.45, 2.75) is 46.1 Å². The molecular formula is C20H22O3. The van der Waals surface area contributed by atoms with Gasteiger partial charge in [-0.25, -0.2) is 0 Å². The van der Waals surface area contributed by atoms with E-state index >= 15 is 0 Å². The Kier molecular flexibility index (Phi) is 4.37. The van der Waals surface area contributed by atoms with Crippen molar-refractivity contribution >= 4 is 5.97 Å². The van der Waals surface area contributed by atoms with Gasteiger partial charge in [-0.2, -0.15) is 0 Å². The van der Waals surface area contributed by atoms with Crippen LogP contribution in [0.4, 0.5) is 0 Å². The zero-order valence-electron chi connectivity index (χ0n) is 13.9. The fourth-order valence-electron chi connectivity index (χ4n) is 3.18. The van der Waals surface area contributed by atoms with Crippen molar-refractivity contribution in [1.29, 1.82) is 0 Å². The van der Waals surface area contributed by atoms with Gasteiger partial charge < -0.3 is 9.47 Å². The molecule has 1 aliphatic rings. The molecule has 0 aromatic heterocycles. The van der Waals surface area contributed by atoms with E-state index in [2.05, 4.69) is 19.1 Å². The lowest BCUT2D eigenvalue weighted by molar-refractivity contribution is -0.148. The van der Waals surface area contributed by atoms with E-state index in [-0.39, 0.29) is 12.1 Å². The van der Waals surface area contributed by atoms with E-state index in [9.17, 15) is 4.79 Å². The van der Waals surface area contributed by atoms with Crippen molar-refractivity contribution in [3.05, 3.63) is 58.7 Å². The number of para-hydroxylation sites is 1. The second kappa shape index (κ2) is 6.45. The van der Waals surface area contributed by atoms with Crippen LogP contribution in [0.2, 0.25) is 0 Å². The van der Waals surface area contributed by atoms with Gasteiger partial charge in [0.15, 0.2) is 0 Å². The van der Waals surface area contributed by atoms with Crippen LogP contribution in [0.5, 0.6) is 11.5 Å². The predicted molar refractivity (Wildman–Crippen MR) is 89.9 cm³/mol. The molecule has 0 fully saturated rings. The Labute approximate surface area is 137 Å². The Morgan fingerprint density at radius 2 is 1.96 bits per heavy atom. The third-order valence-electron chi connectivity index (χ3n) is 4.35. The third-order valence-corrected chi connectivity index (χ3v) is 4.35. The molecule has 2 aromatic carbocycles. The van der Waals surface area contributed by atoms with E-state index in [0.717, 1.165) is 35.5 Å². The molecule has 0 spiro atoms. The molecule has 1 unspecified atom stereocenters. The molecule has 0 N–H and O–H groups in total. The molecule has 1 aliphatic heterocycles. The number of esters is 1. The number of hydrogen-bond donors (Lipinski definition) is 0. The summed E-state index contributed by atoms with van der Waals surface area (Å²) in [5, 5.41) is 0. The molecule has 0 amide bonds. The second-order valence-corrected chi connectivity index (χ2v) is 5.84. The van der Waals surface area contributed by atoms with Gasteiger partial charge in [0, 0.05) is 24.0 Å². The summed E-state index contributed by atoms with van der Waals surface area (Å²) < 4.78 is 11.6. The number of benzene rings is 2. The van der Waals surface area contributed by atoms with Gasteiger partial charge in [0.2, 0.25) is 0 Å². The van der Waals surface area contributed by atoms with Crippen LogP contribution in [0, 0.1) is 0 Å². The molecular weight excluding hydrogens is 288 g/mol. The van der Waals surface area contributed by atoms with Gasteiger partial charge >= 0.3 is 5.97 Å². The van der Waals surface area contributed by atoms with Gasteiger partial charge in [-0.15, -0.1) is 0 Å². The van der Waals surface area contributed by atoms with Crippen LogP contribution in [0.15, 0.2) is 36.4 Å². The molecule has 0 radical (unpaired) electrons. The molecule has 1 atom stereocenters. The zero-order chi connectivity index (χ0) is 16.4. The highest BCUT2D eigenvalue weighted by Gasteiger charge is 2.25. The van der Waals surface area contributed by atoms with Gasteiger partial charge in [0.25, 0.3) is 0 Å². The zero-order valence-corrected chi connectivity index (χ0v) is 13.9. The number of fused-ring (bicyclic) bond motifs is 2. The molecule has 3 heteroatoms. The maximum Gasteiger partial charge on any atom is 0.306 e. The molecule has 2 aromatic rings. The van der Waals surface area contributed by atoms with Crippen molar-refractivity contribution in [3.63, 3.8) is 0 Å². The lowest BCUT2D eigenvalue weighted by atomic mass is 9.89. The second-order valence-electron chi connectivity index (χ2n) is 5.84. The minimum absolute atomic E-state index is 0.172. The average molecular weight is 310 g/mol. The summed E-state index contributed by atoms with van der Waals surface area (Å²) in [4.78, 5) is 11.7. The topological polar surface area (TPSA) is 35.5 Å². The number of rotatable bonds is 4. The fourth-order valence-corrected chi connectivity index (χ4v) is 3.18. The minimum atomic E-state index is -0.263. The molecule has 3 nitrogen and oxygen atoms in total. The van der Waals surface area contributed by atoms with Crippen LogP contribution in [-0.4, -0.2) is 5.97 Å². The molecule has 3 rings (SSSR count). The van der Waals surface area contributed by atoms with Crippen molar-refractivity contribution in [2.24, 2.45) is 0 Å². The van der Waals surface area contributed by atoms with Crippen LogP contribution in [0.3, 0.4) is 0 Å². The molecule has 0 saturated carbocycles. The first-order valence-corrected chi connectivity index (χ1v) is 8.23. The minimum Gasteiger partial charge on any atom is -0.458 e. The van der Waals surface area contributed by atoms with Crippen molar-refractivity contribution in [3.8, 4) is 11.5 Å². The Morgan fingerprint density at radius 1 is 1.17 bits per heavy atom. The van der Waals surface area contributed by atoms with Crippen LogP contribution in [-0.2, 0) is 22.4 Å². The first-order valence-electron chi connectivity index (χ1n) is 8.23. The standard InChI is InChI=1S/C20H22O3/c1-4-14-10-11-18-16(20(14)13(3)22-19(21)5-2)12-15-8-6-7-9-17(15)23-18/h6-11,13H,4-5,12H2,1-3H3. The van der Waals surface area contributed by atoms with E-state index in [1.165, 1.54) is 11.1 Å². The lowest BCUT2D eigenvalue weighted by Gasteiger charge is -2.27. The molecule has 0 bridgehead atoms. The number of ether oxygens (including phenoxy) is 2. The number of carbonyl (C=O) groups excluding carboxylic acids is 1. The van der Waals surface area contributed by atoms with Gasteiger partial charge in [0.1, 0.15) is 17.6 Å². The summed E-state index contributed by atoms with van der Waals surface area (Å²) in [5.74, 6) is 1.61.